The van der Waals surface area contributed by atoms with E-state index in [9.17, 15) is 0 Å². The molecule has 0 amide bonds. The van der Waals surface area contributed by atoms with Gasteiger partial charge in [0.1, 0.15) is 0 Å². The van der Waals surface area contributed by atoms with Crippen LogP contribution >= 0.6 is 0 Å². The lowest BCUT2D eigenvalue weighted by molar-refractivity contribution is -0.0225. The molecule has 1 rings (SSSR count). The predicted octanol–water partition coefficient (Wildman–Crippen LogP) is 0.654. The van der Waals surface area contributed by atoms with E-state index < -0.39 is 0 Å². The quantitative estimate of drug-likeness (QED) is 0.659. The molecule has 3 N–H and O–H groups in total. The molecule has 0 spiro atoms. The van der Waals surface area contributed by atoms with Gasteiger partial charge in [0.15, 0.2) is 0 Å². The third-order valence-corrected chi connectivity index (χ3v) is 2.35. The van der Waals surface area contributed by atoms with E-state index in [0.29, 0.717) is 0 Å². The van der Waals surface area contributed by atoms with E-state index in [2.05, 4.69) is 13.8 Å². The fourth-order valence-electron chi connectivity index (χ4n) is 1.66. The molecule has 3 heteroatoms. The maximum atomic E-state index is 8.74. The minimum atomic E-state index is -0.121. The smallest absolute Gasteiger partial charge is 0.0631 e. The molecule has 12 heavy (non-hydrogen) atoms. The number of aliphatic hydroxyl groups is 1. The molecule has 2 atom stereocenters. The Morgan fingerprint density at radius 3 is 2.75 bits per heavy atom. The van der Waals surface area contributed by atoms with Gasteiger partial charge in [0.25, 0.3) is 0 Å². The molecule has 0 aromatic carbocycles. The van der Waals surface area contributed by atoms with Crippen molar-refractivity contribution in [2.75, 3.05) is 6.61 Å². The van der Waals surface area contributed by atoms with Gasteiger partial charge in [-0.2, -0.15) is 0 Å². The second-order valence-electron chi connectivity index (χ2n) is 4.22. The summed E-state index contributed by atoms with van der Waals surface area (Å²) in [5.41, 5.74) is 5.63. The van der Waals surface area contributed by atoms with Crippen molar-refractivity contribution in [3.63, 3.8) is 0 Å². The summed E-state index contributed by atoms with van der Waals surface area (Å²) in [6.07, 6.45) is 3.19. The molecule has 0 bridgehead atoms. The highest BCUT2D eigenvalue weighted by atomic mass is 16.5. The monoisotopic (exact) mass is 173 g/mol. The molecule has 1 fully saturated rings. The molecule has 0 aromatic rings. The Morgan fingerprint density at radius 2 is 2.33 bits per heavy atom. The first-order chi connectivity index (χ1) is 5.53. The van der Waals surface area contributed by atoms with Crippen LogP contribution in [0.3, 0.4) is 0 Å². The lowest BCUT2D eigenvalue weighted by Gasteiger charge is -2.20. The van der Waals surface area contributed by atoms with Gasteiger partial charge in [0.05, 0.1) is 18.3 Å². The van der Waals surface area contributed by atoms with Crippen LogP contribution in [0.25, 0.3) is 0 Å². The Hall–Kier alpha value is -0.120. The van der Waals surface area contributed by atoms with E-state index in [-0.39, 0.29) is 24.4 Å². The Morgan fingerprint density at radius 1 is 1.67 bits per heavy atom. The van der Waals surface area contributed by atoms with E-state index in [1.54, 1.807) is 0 Å². The standard InChI is InChI=1S/C9H19NO2/c1-9(2)4-3-8(12-9)5-7(10)6-11/h7-8,11H,3-6,10H2,1-2H3/t7-,8?/m1/s1. The predicted molar refractivity (Wildman–Crippen MR) is 47.9 cm³/mol. The molecule has 72 valence electrons. The molecule has 0 radical (unpaired) electrons. The molecule has 1 aliphatic rings. The van der Waals surface area contributed by atoms with Crippen LogP contribution in [0.2, 0.25) is 0 Å². The normalized spacial score (nSPS) is 30.5. The fraction of sp³-hybridized carbons (Fsp3) is 1.00. The van der Waals surface area contributed by atoms with Gasteiger partial charge in [-0.05, 0) is 33.1 Å². The van der Waals surface area contributed by atoms with Crippen LogP contribution in [0.5, 0.6) is 0 Å². The summed E-state index contributed by atoms with van der Waals surface area (Å²) >= 11 is 0. The van der Waals surface area contributed by atoms with Gasteiger partial charge in [-0.25, -0.2) is 0 Å². The van der Waals surface area contributed by atoms with Crippen LogP contribution in [0.15, 0.2) is 0 Å². The number of ether oxygens (including phenoxy) is 1. The van der Waals surface area contributed by atoms with Crippen LogP contribution < -0.4 is 5.73 Å². The van der Waals surface area contributed by atoms with Crippen molar-refractivity contribution in [3.8, 4) is 0 Å². The molecular weight excluding hydrogens is 154 g/mol. The van der Waals surface area contributed by atoms with Crippen LogP contribution in [0, 0.1) is 0 Å². The second kappa shape index (κ2) is 3.73. The number of hydrogen-bond donors (Lipinski definition) is 2. The molecule has 0 saturated carbocycles. The zero-order valence-electron chi connectivity index (χ0n) is 7.92. The average Bonchev–Trinajstić information content (AvgIpc) is 2.30. The summed E-state index contributed by atoms with van der Waals surface area (Å²) < 4.78 is 5.73. The van der Waals surface area contributed by atoms with E-state index in [1.165, 1.54) is 0 Å². The lowest BCUT2D eigenvalue weighted by atomic mass is 10.0. The van der Waals surface area contributed by atoms with Crippen molar-refractivity contribution in [2.45, 2.75) is 50.9 Å². The average molecular weight is 173 g/mol. The second-order valence-corrected chi connectivity index (χ2v) is 4.22. The summed E-state index contributed by atoms with van der Waals surface area (Å²) in [6, 6.07) is -0.121. The van der Waals surface area contributed by atoms with Crippen LogP contribution in [-0.2, 0) is 4.74 Å². The zero-order chi connectivity index (χ0) is 9.19. The number of aliphatic hydroxyl groups excluding tert-OH is 1. The zero-order valence-corrected chi connectivity index (χ0v) is 7.92. The molecule has 0 aliphatic carbocycles. The molecule has 1 heterocycles. The van der Waals surface area contributed by atoms with Gasteiger partial charge in [-0.1, -0.05) is 0 Å². The van der Waals surface area contributed by atoms with Gasteiger partial charge < -0.3 is 15.6 Å². The summed E-state index contributed by atoms with van der Waals surface area (Å²) in [7, 11) is 0. The Balaban J connectivity index is 2.28. The summed E-state index contributed by atoms with van der Waals surface area (Å²) in [5, 5.41) is 8.74. The summed E-state index contributed by atoms with van der Waals surface area (Å²) in [6.45, 7) is 4.25. The Bertz CT molecular complexity index is 147. The highest BCUT2D eigenvalue weighted by Gasteiger charge is 2.32. The maximum Gasteiger partial charge on any atom is 0.0631 e. The van der Waals surface area contributed by atoms with Crippen molar-refractivity contribution < 1.29 is 9.84 Å². The summed E-state index contributed by atoms with van der Waals surface area (Å²) in [5.74, 6) is 0. The van der Waals surface area contributed by atoms with Crippen molar-refractivity contribution >= 4 is 0 Å². The largest absolute Gasteiger partial charge is 0.395 e. The van der Waals surface area contributed by atoms with Crippen LogP contribution in [0.1, 0.15) is 33.1 Å². The minimum Gasteiger partial charge on any atom is -0.395 e. The van der Waals surface area contributed by atoms with Gasteiger partial charge in [0, 0.05) is 6.04 Å². The molecule has 3 nitrogen and oxygen atoms in total. The van der Waals surface area contributed by atoms with E-state index in [0.717, 1.165) is 19.3 Å². The highest BCUT2D eigenvalue weighted by molar-refractivity contribution is 4.82. The third-order valence-electron chi connectivity index (χ3n) is 2.35. The topological polar surface area (TPSA) is 55.5 Å². The van der Waals surface area contributed by atoms with Crippen molar-refractivity contribution in [1.82, 2.24) is 0 Å². The first kappa shape index (κ1) is 9.96. The Kier molecular flexibility index (Phi) is 3.09. The molecule has 0 aromatic heterocycles. The number of hydrogen-bond acceptors (Lipinski definition) is 3. The van der Waals surface area contributed by atoms with Crippen molar-refractivity contribution in [3.05, 3.63) is 0 Å². The first-order valence-electron chi connectivity index (χ1n) is 4.58. The van der Waals surface area contributed by atoms with Gasteiger partial charge in [-0.15, -0.1) is 0 Å². The molecule has 1 saturated heterocycles. The first-order valence-corrected chi connectivity index (χ1v) is 4.58. The molecule has 1 unspecified atom stereocenters. The van der Waals surface area contributed by atoms with Gasteiger partial charge in [0.2, 0.25) is 0 Å². The Labute approximate surface area is 73.9 Å². The van der Waals surface area contributed by atoms with Crippen molar-refractivity contribution in [2.24, 2.45) is 5.73 Å². The van der Waals surface area contributed by atoms with E-state index in [1.807, 2.05) is 0 Å². The van der Waals surface area contributed by atoms with Gasteiger partial charge in [-0.3, -0.25) is 0 Å². The summed E-state index contributed by atoms with van der Waals surface area (Å²) in [4.78, 5) is 0. The molecular formula is C9H19NO2. The third kappa shape index (κ3) is 2.73. The van der Waals surface area contributed by atoms with Crippen LogP contribution in [0.4, 0.5) is 0 Å². The number of rotatable bonds is 3. The number of nitrogens with two attached hydrogens (primary N) is 1. The maximum absolute atomic E-state index is 8.74. The van der Waals surface area contributed by atoms with E-state index >= 15 is 0 Å². The SMILES string of the molecule is CC1(C)CCC(C[C@@H](N)CO)O1. The highest BCUT2D eigenvalue weighted by Crippen LogP contribution is 2.31. The van der Waals surface area contributed by atoms with Crippen LogP contribution in [-0.4, -0.2) is 29.5 Å². The molecule has 1 aliphatic heterocycles. The minimum absolute atomic E-state index is 0.0137. The van der Waals surface area contributed by atoms with E-state index in [4.69, 9.17) is 15.6 Å². The lowest BCUT2D eigenvalue weighted by Crippen LogP contribution is -2.30. The van der Waals surface area contributed by atoms with Gasteiger partial charge >= 0.3 is 0 Å². The van der Waals surface area contributed by atoms with Crippen molar-refractivity contribution in [1.29, 1.82) is 0 Å². The fourth-order valence-corrected chi connectivity index (χ4v) is 1.66.